The first-order chi connectivity index (χ1) is 13.7. The third-order valence-electron chi connectivity index (χ3n) is 4.72. The Morgan fingerprint density at radius 1 is 0.893 bits per heavy atom. The highest BCUT2D eigenvalue weighted by Gasteiger charge is 2.15. The van der Waals surface area contributed by atoms with E-state index >= 15 is 0 Å². The van der Waals surface area contributed by atoms with Crippen molar-refractivity contribution in [1.29, 1.82) is 0 Å². The minimum absolute atomic E-state index is 0.274. The molecule has 2 amide bonds. The smallest absolute Gasteiger partial charge is 0.323 e. The van der Waals surface area contributed by atoms with Gasteiger partial charge in [-0.05, 0) is 77.9 Å². The number of benzene rings is 2. The fourth-order valence-electron chi connectivity index (χ4n) is 3.33. The van der Waals surface area contributed by atoms with Crippen LogP contribution in [0.3, 0.4) is 0 Å². The van der Waals surface area contributed by atoms with Crippen LogP contribution in [0.25, 0.3) is 11.3 Å². The third kappa shape index (κ3) is 4.44. The molecule has 0 aliphatic carbocycles. The van der Waals surface area contributed by atoms with Gasteiger partial charge in [0.05, 0.1) is 11.4 Å². The summed E-state index contributed by atoms with van der Waals surface area (Å²) < 4.78 is 1.12. The monoisotopic (exact) mass is 484 g/mol. The molecule has 1 saturated heterocycles. The first-order valence-corrected chi connectivity index (χ1v) is 10.4. The summed E-state index contributed by atoms with van der Waals surface area (Å²) in [6, 6.07) is 21.2. The summed E-state index contributed by atoms with van der Waals surface area (Å²) in [6.45, 7) is 2.10. The molecule has 0 unspecified atom stereocenters. The summed E-state index contributed by atoms with van der Waals surface area (Å²) in [5, 5.41) is 5.83. The van der Waals surface area contributed by atoms with Gasteiger partial charge in [-0.2, -0.15) is 0 Å². The summed E-state index contributed by atoms with van der Waals surface area (Å²) in [6.07, 6.45) is 2.42. The van der Waals surface area contributed by atoms with E-state index in [2.05, 4.69) is 38.1 Å². The maximum atomic E-state index is 12.5. The number of carbonyl (C=O) groups is 1. The van der Waals surface area contributed by atoms with Crippen molar-refractivity contribution in [3.8, 4) is 11.3 Å². The van der Waals surface area contributed by atoms with Crippen molar-refractivity contribution in [3.63, 3.8) is 0 Å². The highest BCUT2D eigenvalue weighted by Crippen LogP contribution is 2.29. The van der Waals surface area contributed by atoms with Gasteiger partial charge in [-0.25, -0.2) is 9.78 Å². The second-order valence-corrected chi connectivity index (χ2v) is 7.95. The van der Waals surface area contributed by atoms with E-state index < -0.39 is 0 Å². The van der Waals surface area contributed by atoms with E-state index in [1.54, 1.807) is 0 Å². The molecule has 0 atom stereocenters. The van der Waals surface area contributed by atoms with Gasteiger partial charge in [0.15, 0.2) is 0 Å². The zero-order valence-corrected chi connectivity index (χ0v) is 17.5. The van der Waals surface area contributed by atoms with E-state index in [9.17, 15) is 4.79 Å². The Morgan fingerprint density at radius 2 is 1.64 bits per heavy atom. The summed E-state index contributed by atoms with van der Waals surface area (Å²) in [5.74, 6) is 0.994. The van der Waals surface area contributed by atoms with Gasteiger partial charge in [-0.15, -0.1) is 0 Å². The second-order valence-electron chi connectivity index (χ2n) is 6.71. The van der Waals surface area contributed by atoms with E-state index in [1.165, 1.54) is 12.8 Å². The van der Waals surface area contributed by atoms with Crippen molar-refractivity contribution in [2.45, 2.75) is 12.8 Å². The van der Waals surface area contributed by atoms with Crippen molar-refractivity contribution in [3.05, 3.63) is 70.3 Å². The Kier molecular flexibility index (Phi) is 5.76. The Balaban J connectivity index is 1.54. The lowest BCUT2D eigenvalue weighted by atomic mass is 10.1. The molecule has 5 nitrogen and oxygen atoms in total. The summed E-state index contributed by atoms with van der Waals surface area (Å²) in [5.41, 5.74) is 3.25. The lowest BCUT2D eigenvalue weighted by molar-refractivity contribution is 0.262. The molecular weight excluding hydrogens is 463 g/mol. The maximum absolute atomic E-state index is 12.5. The SMILES string of the molecule is O=C(Nc1ccc(I)cc1)Nc1ccccc1-c1cccc(N2CCCC2)n1. The van der Waals surface area contributed by atoms with Gasteiger partial charge in [0, 0.05) is 27.9 Å². The molecule has 2 N–H and O–H groups in total. The summed E-state index contributed by atoms with van der Waals surface area (Å²) >= 11 is 2.24. The summed E-state index contributed by atoms with van der Waals surface area (Å²) in [7, 11) is 0. The average molecular weight is 484 g/mol. The zero-order valence-electron chi connectivity index (χ0n) is 15.4. The van der Waals surface area contributed by atoms with Crippen LogP contribution in [0.4, 0.5) is 22.0 Å². The first kappa shape index (κ1) is 18.7. The Hall–Kier alpha value is -2.61. The van der Waals surface area contributed by atoms with E-state index in [0.29, 0.717) is 0 Å². The highest BCUT2D eigenvalue weighted by atomic mass is 127. The Bertz CT molecular complexity index is 968. The van der Waals surface area contributed by atoms with Crippen LogP contribution in [0, 0.1) is 3.57 Å². The van der Waals surface area contributed by atoms with Crippen LogP contribution in [0.15, 0.2) is 66.7 Å². The lowest BCUT2D eigenvalue weighted by Crippen LogP contribution is -2.20. The average Bonchev–Trinajstić information content (AvgIpc) is 3.25. The topological polar surface area (TPSA) is 57.3 Å². The molecule has 142 valence electrons. The molecule has 28 heavy (non-hydrogen) atoms. The molecule has 1 aliphatic rings. The predicted molar refractivity (Wildman–Crippen MR) is 123 cm³/mol. The van der Waals surface area contributed by atoms with E-state index in [-0.39, 0.29) is 6.03 Å². The standard InChI is InChI=1S/C22H21IN4O/c23-16-10-12-17(13-11-16)24-22(28)26-20-7-2-1-6-18(20)19-8-5-9-21(25-19)27-14-3-4-15-27/h1-2,5-13H,3-4,14-15H2,(H2,24,26,28). The minimum atomic E-state index is -0.274. The molecule has 2 heterocycles. The van der Waals surface area contributed by atoms with Crippen LogP contribution in [0.2, 0.25) is 0 Å². The number of amides is 2. The number of nitrogens with one attached hydrogen (secondary N) is 2. The van der Waals surface area contributed by atoms with Crippen LogP contribution in [0.5, 0.6) is 0 Å². The first-order valence-electron chi connectivity index (χ1n) is 9.34. The number of aromatic nitrogens is 1. The van der Waals surface area contributed by atoms with Crippen LogP contribution in [-0.4, -0.2) is 24.1 Å². The van der Waals surface area contributed by atoms with Crippen molar-refractivity contribution in [1.82, 2.24) is 4.98 Å². The Morgan fingerprint density at radius 3 is 2.43 bits per heavy atom. The van der Waals surface area contributed by atoms with Gasteiger partial charge in [0.25, 0.3) is 0 Å². The number of pyridine rings is 1. The predicted octanol–water partition coefficient (Wildman–Crippen LogP) is 5.60. The largest absolute Gasteiger partial charge is 0.357 e. The van der Waals surface area contributed by atoms with Crippen LogP contribution >= 0.6 is 22.6 Å². The number of rotatable bonds is 4. The van der Waals surface area contributed by atoms with E-state index in [0.717, 1.165) is 45.1 Å². The quantitative estimate of drug-likeness (QED) is 0.475. The van der Waals surface area contributed by atoms with Gasteiger partial charge in [-0.3, -0.25) is 0 Å². The molecule has 1 aliphatic heterocycles. The van der Waals surface area contributed by atoms with E-state index in [1.807, 2.05) is 66.7 Å². The zero-order chi connectivity index (χ0) is 19.3. The lowest BCUT2D eigenvalue weighted by Gasteiger charge is -2.18. The van der Waals surface area contributed by atoms with Crippen molar-refractivity contribution in [2.75, 3.05) is 28.6 Å². The molecule has 0 bridgehead atoms. The van der Waals surface area contributed by atoms with Gasteiger partial charge in [-0.1, -0.05) is 24.3 Å². The molecule has 0 saturated carbocycles. The second kappa shape index (κ2) is 8.60. The number of hydrogen-bond acceptors (Lipinski definition) is 3. The van der Waals surface area contributed by atoms with Gasteiger partial charge >= 0.3 is 6.03 Å². The summed E-state index contributed by atoms with van der Waals surface area (Å²) in [4.78, 5) is 19.6. The molecule has 4 rings (SSSR count). The fraction of sp³-hybridized carbons (Fsp3) is 0.182. The number of nitrogens with zero attached hydrogens (tertiary/aromatic N) is 2. The van der Waals surface area contributed by atoms with Gasteiger partial charge < -0.3 is 15.5 Å². The molecule has 2 aromatic carbocycles. The van der Waals surface area contributed by atoms with Crippen molar-refractivity contribution in [2.24, 2.45) is 0 Å². The van der Waals surface area contributed by atoms with Crippen molar-refractivity contribution >= 4 is 45.8 Å². The van der Waals surface area contributed by atoms with Gasteiger partial charge in [0.2, 0.25) is 0 Å². The highest BCUT2D eigenvalue weighted by molar-refractivity contribution is 14.1. The van der Waals surface area contributed by atoms with Crippen LogP contribution in [0.1, 0.15) is 12.8 Å². The molecule has 3 aromatic rings. The van der Waals surface area contributed by atoms with Gasteiger partial charge in [0.1, 0.15) is 5.82 Å². The van der Waals surface area contributed by atoms with E-state index in [4.69, 9.17) is 4.98 Å². The third-order valence-corrected chi connectivity index (χ3v) is 5.44. The number of anilines is 3. The molecular formula is C22H21IN4O. The van der Waals surface area contributed by atoms with Crippen LogP contribution < -0.4 is 15.5 Å². The van der Waals surface area contributed by atoms with Crippen molar-refractivity contribution < 1.29 is 4.79 Å². The molecule has 1 fully saturated rings. The molecule has 0 radical (unpaired) electrons. The number of para-hydroxylation sites is 1. The molecule has 0 spiro atoms. The Labute approximate surface area is 178 Å². The molecule has 6 heteroatoms. The minimum Gasteiger partial charge on any atom is -0.357 e. The molecule has 1 aromatic heterocycles. The number of carbonyl (C=O) groups excluding carboxylic acids is 1. The normalized spacial score (nSPS) is 13.4. The number of halogens is 1. The number of urea groups is 1. The fourth-order valence-corrected chi connectivity index (χ4v) is 3.69. The number of hydrogen-bond donors (Lipinski definition) is 2. The van der Waals surface area contributed by atoms with Crippen LogP contribution in [-0.2, 0) is 0 Å². The maximum Gasteiger partial charge on any atom is 0.323 e.